The van der Waals surface area contributed by atoms with E-state index >= 15 is 0 Å². The summed E-state index contributed by atoms with van der Waals surface area (Å²) in [4.78, 5) is 7.00. The van der Waals surface area contributed by atoms with E-state index in [1.165, 1.54) is 18.5 Å². The van der Waals surface area contributed by atoms with Gasteiger partial charge in [-0.05, 0) is 59.2 Å². The van der Waals surface area contributed by atoms with Gasteiger partial charge in [0, 0.05) is 25.3 Å². The summed E-state index contributed by atoms with van der Waals surface area (Å²) in [5, 5.41) is 7.55. The maximum atomic E-state index is 6.01. The van der Waals surface area contributed by atoms with Gasteiger partial charge in [-0.25, -0.2) is 0 Å². The van der Waals surface area contributed by atoms with E-state index in [0.29, 0.717) is 17.9 Å². The van der Waals surface area contributed by atoms with E-state index in [1.54, 1.807) is 0 Å². The molecular formula is C16H30N6. The number of nitrogens with one attached hydrogen (secondary N) is 1. The van der Waals surface area contributed by atoms with Crippen LogP contribution in [0.3, 0.4) is 0 Å². The third kappa shape index (κ3) is 4.22. The molecule has 2 atom stereocenters. The van der Waals surface area contributed by atoms with Gasteiger partial charge < -0.3 is 11.1 Å². The van der Waals surface area contributed by atoms with Gasteiger partial charge in [0.25, 0.3) is 0 Å². The summed E-state index contributed by atoms with van der Waals surface area (Å²) in [7, 11) is 4.19. The Hall–Kier alpha value is -1.56. The highest BCUT2D eigenvalue weighted by atomic mass is 15.3. The molecule has 0 saturated carbocycles. The smallest absolute Gasteiger partial charge is 0.188 e. The molecule has 0 radical (unpaired) electrons. The second-order valence-corrected chi connectivity index (χ2v) is 7.31. The minimum Gasteiger partial charge on any atom is -0.370 e. The second kappa shape index (κ2) is 6.69. The van der Waals surface area contributed by atoms with Crippen LogP contribution in [-0.4, -0.2) is 46.3 Å². The lowest BCUT2D eigenvalue weighted by Crippen LogP contribution is -2.45. The van der Waals surface area contributed by atoms with Crippen molar-refractivity contribution in [1.29, 1.82) is 0 Å². The van der Waals surface area contributed by atoms with Gasteiger partial charge in [-0.2, -0.15) is 5.10 Å². The van der Waals surface area contributed by atoms with E-state index in [2.05, 4.69) is 54.2 Å². The van der Waals surface area contributed by atoms with Gasteiger partial charge in [0.15, 0.2) is 5.96 Å². The second-order valence-electron chi connectivity index (χ2n) is 7.31. The molecule has 1 aromatic rings. The number of rotatable bonds is 3. The first-order valence-corrected chi connectivity index (χ1v) is 8.04. The predicted octanol–water partition coefficient (Wildman–Crippen LogP) is 1.51. The lowest BCUT2D eigenvalue weighted by atomic mass is 9.87. The topological polar surface area (TPSA) is 71.5 Å². The monoisotopic (exact) mass is 306 g/mol. The first-order valence-electron chi connectivity index (χ1n) is 8.04. The fourth-order valence-corrected chi connectivity index (χ4v) is 3.23. The summed E-state index contributed by atoms with van der Waals surface area (Å²) >= 11 is 0. The van der Waals surface area contributed by atoms with E-state index in [0.717, 1.165) is 13.1 Å². The Bertz CT molecular complexity index is 513. The molecule has 1 aromatic heterocycles. The maximum absolute atomic E-state index is 6.01. The molecule has 1 fully saturated rings. The Balaban J connectivity index is 2.10. The molecular weight excluding hydrogens is 276 g/mol. The van der Waals surface area contributed by atoms with Gasteiger partial charge in [-0.1, -0.05) is 0 Å². The fraction of sp³-hybridized carbons (Fsp3) is 0.750. The highest BCUT2D eigenvalue weighted by Crippen LogP contribution is 2.34. The van der Waals surface area contributed by atoms with Crippen molar-refractivity contribution in [1.82, 2.24) is 20.0 Å². The van der Waals surface area contributed by atoms with Crippen LogP contribution < -0.4 is 11.1 Å². The maximum Gasteiger partial charge on any atom is 0.188 e. The zero-order chi connectivity index (χ0) is 16.3. The van der Waals surface area contributed by atoms with Crippen molar-refractivity contribution in [3.8, 4) is 0 Å². The molecule has 22 heavy (non-hydrogen) atoms. The van der Waals surface area contributed by atoms with Crippen LogP contribution in [0.15, 0.2) is 17.3 Å². The normalized spacial score (nSPS) is 24.5. The zero-order valence-corrected chi connectivity index (χ0v) is 14.5. The molecule has 0 aromatic carbocycles. The van der Waals surface area contributed by atoms with Crippen molar-refractivity contribution in [2.45, 2.75) is 45.2 Å². The number of aliphatic imine (C=N–C) groups is 1. The third-order valence-electron chi connectivity index (χ3n) is 4.17. The van der Waals surface area contributed by atoms with Crippen LogP contribution in [0.25, 0.3) is 0 Å². The Labute approximate surface area is 133 Å². The number of aromatic nitrogens is 2. The summed E-state index contributed by atoms with van der Waals surface area (Å²) in [5.74, 6) is 0.999. The molecule has 1 saturated heterocycles. The van der Waals surface area contributed by atoms with Crippen molar-refractivity contribution in [2.75, 3.05) is 20.1 Å². The van der Waals surface area contributed by atoms with Gasteiger partial charge in [0.05, 0.1) is 11.7 Å². The number of piperidine rings is 1. The van der Waals surface area contributed by atoms with E-state index in [9.17, 15) is 0 Å². The molecule has 1 aliphatic rings. The number of hydrogen-bond acceptors (Lipinski definition) is 3. The number of hydrogen-bond donors (Lipinski definition) is 2. The van der Waals surface area contributed by atoms with Crippen LogP contribution in [0.5, 0.6) is 0 Å². The molecule has 0 spiro atoms. The summed E-state index contributed by atoms with van der Waals surface area (Å²) in [6.07, 6.45) is 4.25. The summed E-state index contributed by atoms with van der Waals surface area (Å²) in [6.45, 7) is 8.12. The Morgan fingerprint density at radius 2 is 2.18 bits per heavy atom. The van der Waals surface area contributed by atoms with Crippen LogP contribution in [0.2, 0.25) is 0 Å². The van der Waals surface area contributed by atoms with Crippen LogP contribution in [-0.2, 0) is 7.05 Å². The Morgan fingerprint density at radius 1 is 1.45 bits per heavy atom. The van der Waals surface area contributed by atoms with Gasteiger partial charge >= 0.3 is 0 Å². The SMILES string of the molecule is CN1CCC[C@@H](CN=C(N)NC(C)(C)C)[C@@H]1c1ccnn1C. The first-order chi connectivity index (χ1) is 10.3. The molecule has 6 nitrogen and oxygen atoms in total. The number of nitrogens with zero attached hydrogens (tertiary/aromatic N) is 4. The summed E-state index contributed by atoms with van der Waals surface area (Å²) in [5.41, 5.74) is 7.21. The van der Waals surface area contributed by atoms with Crippen molar-refractivity contribution in [3.05, 3.63) is 18.0 Å². The highest BCUT2D eigenvalue weighted by Gasteiger charge is 2.32. The van der Waals surface area contributed by atoms with Crippen LogP contribution in [0.1, 0.15) is 45.3 Å². The van der Waals surface area contributed by atoms with Crippen molar-refractivity contribution < 1.29 is 0 Å². The highest BCUT2D eigenvalue weighted by molar-refractivity contribution is 5.78. The average Bonchev–Trinajstić information content (AvgIpc) is 2.80. The first kappa shape index (κ1) is 16.8. The molecule has 0 bridgehead atoms. The largest absolute Gasteiger partial charge is 0.370 e. The number of aryl methyl sites for hydroxylation is 1. The molecule has 0 amide bonds. The summed E-state index contributed by atoms with van der Waals surface area (Å²) < 4.78 is 1.97. The van der Waals surface area contributed by atoms with Crippen LogP contribution >= 0.6 is 0 Å². The van der Waals surface area contributed by atoms with E-state index in [4.69, 9.17) is 5.73 Å². The molecule has 0 aliphatic carbocycles. The molecule has 1 aliphatic heterocycles. The summed E-state index contributed by atoms with van der Waals surface area (Å²) in [6, 6.07) is 2.47. The number of likely N-dealkylation sites (tertiary alicyclic amines) is 1. The van der Waals surface area contributed by atoms with Crippen molar-refractivity contribution >= 4 is 5.96 Å². The third-order valence-corrected chi connectivity index (χ3v) is 4.17. The molecule has 124 valence electrons. The van der Waals surface area contributed by atoms with E-state index in [1.807, 2.05) is 17.9 Å². The van der Waals surface area contributed by atoms with Gasteiger partial charge in [-0.15, -0.1) is 0 Å². The fourth-order valence-electron chi connectivity index (χ4n) is 3.23. The number of nitrogens with two attached hydrogens (primary N) is 1. The lowest BCUT2D eigenvalue weighted by Gasteiger charge is -2.38. The quantitative estimate of drug-likeness (QED) is 0.656. The van der Waals surface area contributed by atoms with Crippen LogP contribution in [0.4, 0.5) is 0 Å². The predicted molar refractivity (Wildman–Crippen MR) is 90.7 cm³/mol. The molecule has 3 N–H and O–H groups in total. The van der Waals surface area contributed by atoms with Crippen molar-refractivity contribution in [3.63, 3.8) is 0 Å². The lowest BCUT2D eigenvalue weighted by molar-refractivity contribution is 0.119. The average molecular weight is 306 g/mol. The Morgan fingerprint density at radius 3 is 2.77 bits per heavy atom. The molecule has 6 heteroatoms. The van der Waals surface area contributed by atoms with Gasteiger partial charge in [-0.3, -0.25) is 14.6 Å². The minimum absolute atomic E-state index is 0.0572. The van der Waals surface area contributed by atoms with Crippen molar-refractivity contribution in [2.24, 2.45) is 23.7 Å². The molecule has 2 rings (SSSR count). The van der Waals surface area contributed by atoms with Gasteiger partial charge in [0.2, 0.25) is 0 Å². The van der Waals surface area contributed by atoms with Gasteiger partial charge in [0.1, 0.15) is 0 Å². The molecule has 2 heterocycles. The number of guanidine groups is 1. The Kier molecular flexibility index (Phi) is 5.11. The van der Waals surface area contributed by atoms with Crippen LogP contribution in [0, 0.1) is 5.92 Å². The zero-order valence-electron chi connectivity index (χ0n) is 14.5. The minimum atomic E-state index is -0.0572. The van der Waals surface area contributed by atoms with E-state index in [-0.39, 0.29) is 5.54 Å². The molecule has 0 unspecified atom stereocenters. The van der Waals surface area contributed by atoms with E-state index < -0.39 is 0 Å². The standard InChI is InChI=1S/C16H30N6/c1-16(2,3)20-15(17)18-11-12-7-6-10-21(4)14(12)13-8-9-19-22(13)5/h8-9,12,14H,6-7,10-11H2,1-5H3,(H3,17,18,20)/t12-,14+/m0/s1.